The van der Waals surface area contributed by atoms with Crippen LogP contribution in [0.3, 0.4) is 0 Å². The Morgan fingerprint density at radius 2 is 2.11 bits per heavy atom. The fourth-order valence-electron chi connectivity index (χ4n) is 1.14. The zero-order valence-corrected chi connectivity index (χ0v) is 12.2. The van der Waals surface area contributed by atoms with Crippen molar-refractivity contribution in [2.45, 2.75) is 4.90 Å². The number of ether oxygens (including phenoxy) is 1. The predicted molar refractivity (Wildman–Crippen MR) is 68.9 cm³/mol. The number of nitrogens with one attached hydrogen (secondary N) is 1. The van der Waals surface area contributed by atoms with Gasteiger partial charge in [0.15, 0.2) is 4.90 Å². The highest BCUT2D eigenvalue weighted by atomic mass is 79.9. The minimum absolute atomic E-state index is 0.0163. The number of rotatable bonds is 7. The summed E-state index contributed by atoms with van der Waals surface area (Å²) in [5.41, 5.74) is -0.536. The first-order valence-electron chi connectivity index (χ1n) is 4.95. The first kappa shape index (κ1) is 16.0. The molecule has 0 radical (unpaired) electrons. The molecule has 0 amide bonds. The molecule has 8 nitrogen and oxygen atoms in total. The zero-order valence-electron chi connectivity index (χ0n) is 9.83. The van der Waals surface area contributed by atoms with Crippen LogP contribution >= 0.6 is 15.9 Å². The number of nitrogens with zero attached hydrogens (tertiary/aromatic N) is 1. The van der Waals surface area contributed by atoms with Crippen molar-refractivity contribution in [3.8, 4) is 0 Å². The lowest BCUT2D eigenvalue weighted by Crippen LogP contribution is -2.26. The maximum absolute atomic E-state index is 11.9. The smallest absolute Gasteiger partial charge is 0.289 e. The van der Waals surface area contributed by atoms with Crippen molar-refractivity contribution >= 4 is 31.6 Å². The Balaban J connectivity index is 3.00. The summed E-state index contributed by atoms with van der Waals surface area (Å²) in [6, 6.07) is 3.59. The summed E-state index contributed by atoms with van der Waals surface area (Å²) >= 11 is 3.06. The van der Waals surface area contributed by atoms with Gasteiger partial charge in [-0.1, -0.05) is 20.8 Å². The van der Waals surface area contributed by atoms with Crippen LogP contribution in [0.1, 0.15) is 0 Å². The average Bonchev–Trinajstić information content (AvgIpc) is 2.34. The van der Waals surface area contributed by atoms with Gasteiger partial charge in [0.05, 0.1) is 18.1 Å². The van der Waals surface area contributed by atoms with Crippen LogP contribution in [0.2, 0.25) is 0 Å². The molecular weight excluding hydrogens is 344 g/mol. The Bertz CT molecular complexity index is 562. The van der Waals surface area contributed by atoms with Gasteiger partial charge in [-0.25, -0.2) is 8.42 Å². The first-order valence-corrected chi connectivity index (χ1v) is 7.22. The summed E-state index contributed by atoms with van der Waals surface area (Å²) in [6.07, 6.45) is 0. The summed E-state index contributed by atoms with van der Waals surface area (Å²) < 4.78 is 28.8. The Morgan fingerprint density at radius 1 is 1.42 bits per heavy atom. The molecule has 0 aromatic heterocycles. The molecule has 1 aromatic rings. The molecule has 0 unspecified atom stereocenters. The van der Waals surface area contributed by atoms with Crippen molar-refractivity contribution in [2.24, 2.45) is 0 Å². The third-order valence-electron chi connectivity index (χ3n) is 1.97. The van der Waals surface area contributed by atoms with E-state index >= 15 is 0 Å². The molecular formula is C9H11BrN2O6S. The van der Waals surface area contributed by atoms with E-state index in [2.05, 4.69) is 25.5 Å². The van der Waals surface area contributed by atoms with Gasteiger partial charge in [-0.15, -0.1) is 0 Å². The highest BCUT2D eigenvalue weighted by molar-refractivity contribution is 9.10. The van der Waals surface area contributed by atoms with Crippen LogP contribution in [0.15, 0.2) is 27.6 Å². The van der Waals surface area contributed by atoms with Crippen LogP contribution in [0, 0.1) is 10.1 Å². The minimum atomic E-state index is -4.14. The van der Waals surface area contributed by atoms with Gasteiger partial charge in [-0.2, -0.15) is 0 Å². The van der Waals surface area contributed by atoms with E-state index < -0.39 is 25.5 Å². The van der Waals surface area contributed by atoms with Crippen LogP contribution in [0.25, 0.3) is 0 Å². The number of methoxy groups -OCH3 is 1. The summed E-state index contributed by atoms with van der Waals surface area (Å²) in [5.74, 6) is 0. The molecule has 10 heteroatoms. The lowest BCUT2D eigenvalue weighted by atomic mass is 10.3. The Kier molecular flexibility index (Phi) is 5.82. The lowest BCUT2D eigenvalue weighted by Gasteiger charge is -2.07. The van der Waals surface area contributed by atoms with Crippen LogP contribution < -0.4 is 4.89 Å². The van der Waals surface area contributed by atoms with Gasteiger partial charge in [0.2, 0.25) is 0 Å². The second-order valence-electron chi connectivity index (χ2n) is 3.30. The average molecular weight is 355 g/mol. The quantitative estimate of drug-likeness (QED) is 0.448. The molecule has 0 saturated heterocycles. The predicted octanol–water partition coefficient (Wildman–Crippen LogP) is 1.21. The lowest BCUT2D eigenvalue weighted by molar-refractivity contribution is -0.387. The van der Waals surface area contributed by atoms with Crippen molar-refractivity contribution in [3.63, 3.8) is 0 Å². The number of nitro groups is 1. The first-order chi connectivity index (χ1) is 8.88. The topological polar surface area (TPSA) is 108 Å². The van der Waals surface area contributed by atoms with Gasteiger partial charge in [-0.3, -0.25) is 15.0 Å². The molecule has 19 heavy (non-hydrogen) atoms. The second kappa shape index (κ2) is 6.91. The van der Waals surface area contributed by atoms with Gasteiger partial charge >= 0.3 is 0 Å². The largest absolute Gasteiger partial charge is 0.382 e. The van der Waals surface area contributed by atoms with E-state index in [1.54, 1.807) is 4.89 Å². The van der Waals surface area contributed by atoms with Crippen LogP contribution in [0.4, 0.5) is 5.69 Å². The molecule has 1 rings (SSSR count). The number of hydrogen-bond donors (Lipinski definition) is 1. The van der Waals surface area contributed by atoms with Crippen molar-refractivity contribution in [3.05, 3.63) is 32.8 Å². The third kappa shape index (κ3) is 4.51. The highest BCUT2D eigenvalue weighted by Gasteiger charge is 2.26. The van der Waals surface area contributed by atoms with Crippen molar-refractivity contribution in [1.82, 2.24) is 4.89 Å². The van der Waals surface area contributed by atoms with E-state index in [4.69, 9.17) is 0 Å². The van der Waals surface area contributed by atoms with E-state index in [0.29, 0.717) is 4.47 Å². The molecule has 0 spiro atoms. The Hall–Kier alpha value is -1.07. The Labute approximate surface area is 118 Å². The molecule has 0 aliphatic rings. The maximum Gasteiger partial charge on any atom is 0.289 e. The van der Waals surface area contributed by atoms with Crippen molar-refractivity contribution in [1.29, 1.82) is 0 Å². The SMILES string of the molecule is COCCONS(=O)(=O)c1cc(Br)ccc1[N+](=O)[O-]. The molecule has 0 aliphatic heterocycles. The highest BCUT2D eigenvalue weighted by Crippen LogP contribution is 2.26. The molecule has 0 bridgehead atoms. The van der Waals surface area contributed by atoms with Crippen molar-refractivity contribution < 1.29 is 22.9 Å². The summed E-state index contributed by atoms with van der Waals surface area (Å²) in [5, 5.41) is 10.8. The van der Waals surface area contributed by atoms with Crippen LogP contribution in [0.5, 0.6) is 0 Å². The van der Waals surface area contributed by atoms with E-state index in [1.165, 1.54) is 13.2 Å². The normalized spacial score (nSPS) is 11.5. The number of sulfonamides is 1. The number of benzene rings is 1. The van der Waals surface area contributed by atoms with Gasteiger partial charge < -0.3 is 4.74 Å². The number of nitro benzene ring substituents is 1. The maximum atomic E-state index is 11.9. The number of halogens is 1. The van der Waals surface area contributed by atoms with Gasteiger partial charge in [0.1, 0.15) is 0 Å². The van der Waals surface area contributed by atoms with E-state index in [9.17, 15) is 18.5 Å². The van der Waals surface area contributed by atoms with Crippen LogP contribution in [-0.2, 0) is 19.6 Å². The standard InChI is InChI=1S/C9H11BrN2O6S/c1-17-4-5-18-11-19(15,16)9-6-7(10)2-3-8(9)12(13)14/h2-3,6,11H,4-5H2,1H3. The summed E-state index contributed by atoms with van der Waals surface area (Å²) in [6.45, 7) is 0.167. The Morgan fingerprint density at radius 3 is 2.68 bits per heavy atom. The second-order valence-corrected chi connectivity index (χ2v) is 5.83. The minimum Gasteiger partial charge on any atom is -0.382 e. The molecule has 1 aromatic carbocycles. The molecule has 1 N–H and O–H groups in total. The summed E-state index contributed by atoms with van der Waals surface area (Å²) in [4.78, 5) is 16.0. The molecule has 106 valence electrons. The van der Waals surface area contributed by atoms with Crippen LogP contribution in [-0.4, -0.2) is 33.7 Å². The molecule has 0 atom stereocenters. The van der Waals surface area contributed by atoms with Gasteiger partial charge in [0, 0.05) is 17.6 Å². The van der Waals surface area contributed by atoms with Gasteiger partial charge in [0.25, 0.3) is 15.7 Å². The van der Waals surface area contributed by atoms with E-state index in [-0.39, 0.29) is 13.2 Å². The van der Waals surface area contributed by atoms with E-state index in [0.717, 1.165) is 12.1 Å². The molecule has 0 fully saturated rings. The fourth-order valence-corrected chi connectivity index (χ4v) is 2.68. The third-order valence-corrected chi connectivity index (χ3v) is 3.70. The monoisotopic (exact) mass is 354 g/mol. The zero-order chi connectivity index (χ0) is 14.5. The van der Waals surface area contributed by atoms with Crippen molar-refractivity contribution in [2.75, 3.05) is 20.3 Å². The summed E-state index contributed by atoms with van der Waals surface area (Å²) in [7, 11) is -2.71. The number of hydrogen-bond acceptors (Lipinski definition) is 6. The molecule has 0 heterocycles. The van der Waals surface area contributed by atoms with E-state index in [1.807, 2.05) is 0 Å². The van der Waals surface area contributed by atoms with Gasteiger partial charge in [-0.05, 0) is 12.1 Å². The molecule has 0 aliphatic carbocycles. The molecule has 0 saturated carbocycles. The fraction of sp³-hybridized carbons (Fsp3) is 0.333.